The van der Waals surface area contributed by atoms with Crippen LogP contribution in [0, 0.1) is 3.57 Å². The smallest absolute Gasteiger partial charge is 0.196 e. The van der Waals surface area contributed by atoms with Crippen molar-refractivity contribution in [3.8, 4) is 0 Å². The number of hydrogen-bond acceptors (Lipinski definition) is 2. The first kappa shape index (κ1) is 13.7. The van der Waals surface area contributed by atoms with Crippen molar-refractivity contribution in [1.82, 2.24) is 0 Å². The third kappa shape index (κ3) is 2.99. The molecule has 0 spiro atoms. The summed E-state index contributed by atoms with van der Waals surface area (Å²) in [5, 5.41) is 10.1. The van der Waals surface area contributed by atoms with E-state index in [4.69, 9.17) is 0 Å². The molecule has 2 aromatic carbocycles. The van der Waals surface area contributed by atoms with Crippen molar-refractivity contribution in [3.63, 3.8) is 0 Å². The first-order chi connectivity index (χ1) is 8.59. The molecule has 0 amide bonds. The number of carbonyl (C=O) groups excluding carboxylic acids is 1. The molecule has 0 saturated heterocycles. The summed E-state index contributed by atoms with van der Waals surface area (Å²) in [5.41, 5.74) is 1.15. The Labute approximate surface area is 127 Å². The van der Waals surface area contributed by atoms with Crippen molar-refractivity contribution >= 4 is 44.3 Å². The van der Waals surface area contributed by atoms with E-state index in [0.29, 0.717) is 11.1 Å². The van der Waals surface area contributed by atoms with Gasteiger partial charge in [-0.3, -0.25) is 4.79 Å². The minimum atomic E-state index is -1.11. The molecule has 0 aliphatic rings. The summed E-state index contributed by atoms with van der Waals surface area (Å²) in [6.07, 6.45) is -1.11. The molecule has 0 saturated carbocycles. The average Bonchev–Trinajstić information content (AvgIpc) is 2.38. The summed E-state index contributed by atoms with van der Waals surface area (Å²) < 4.78 is 1.74. The van der Waals surface area contributed by atoms with E-state index in [9.17, 15) is 9.90 Å². The lowest BCUT2D eigenvalue weighted by Crippen LogP contribution is -2.13. The van der Waals surface area contributed by atoms with Gasteiger partial charge in [-0.2, -0.15) is 0 Å². The lowest BCUT2D eigenvalue weighted by Gasteiger charge is -2.11. The molecule has 0 aliphatic heterocycles. The highest BCUT2D eigenvalue weighted by Gasteiger charge is 2.20. The number of carbonyl (C=O) groups is 1. The van der Waals surface area contributed by atoms with Crippen molar-refractivity contribution in [2.45, 2.75) is 6.10 Å². The van der Waals surface area contributed by atoms with Crippen LogP contribution in [-0.2, 0) is 0 Å². The lowest BCUT2D eigenvalue weighted by molar-refractivity contribution is 0.0746. The molecule has 4 heteroatoms. The highest BCUT2D eigenvalue weighted by molar-refractivity contribution is 14.1. The molecule has 1 N–H and O–H groups in total. The Morgan fingerprint density at radius 1 is 1.17 bits per heavy atom. The molecular weight excluding hydrogens is 407 g/mol. The number of aliphatic hydroxyl groups excluding tert-OH is 1. The third-order valence-corrected chi connectivity index (χ3v) is 3.95. The second-order valence-electron chi connectivity index (χ2n) is 3.80. The van der Waals surface area contributed by atoms with Crippen LogP contribution in [0.3, 0.4) is 0 Å². The van der Waals surface area contributed by atoms with Gasteiger partial charge in [-0.15, -0.1) is 0 Å². The van der Waals surface area contributed by atoms with Crippen LogP contribution in [-0.4, -0.2) is 10.9 Å². The SMILES string of the molecule is O=C(c1ccc(Br)cc1I)C(O)c1ccccc1. The van der Waals surface area contributed by atoms with Gasteiger partial charge in [-0.05, 0) is 46.4 Å². The molecule has 0 aromatic heterocycles. The van der Waals surface area contributed by atoms with Gasteiger partial charge in [0.25, 0.3) is 0 Å². The average molecular weight is 417 g/mol. The molecule has 18 heavy (non-hydrogen) atoms. The summed E-state index contributed by atoms with van der Waals surface area (Å²) in [6.45, 7) is 0. The Balaban J connectivity index is 2.32. The Morgan fingerprint density at radius 2 is 1.83 bits per heavy atom. The predicted octanol–water partition coefficient (Wildman–Crippen LogP) is 3.97. The molecule has 92 valence electrons. The van der Waals surface area contributed by atoms with Gasteiger partial charge < -0.3 is 5.11 Å². The molecule has 2 aromatic rings. The second-order valence-corrected chi connectivity index (χ2v) is 5.88. The van der Waals surface area contributed by atoms with E-state index >= 15 is 0 Å². The summed E-state index contributed by atoms with van der Waals surface area (Å²) in [5.74, 6) is -0.280. The molecule has 2 nitrogen and oxygen atoms in total. The largest absolute Gasteiger partial charge is 0.380 e. The fourth-order valence-electron chi connectivity index (χ4n) is 1.62. The van der Waals surface area contributed by atoms with Crippen LogP contribution in [0.1, 0.15) is 22.0 Å². The van der Waals surface area contributed by atoms with Gasteiger partial charge >= 0.3 is 0 Å². The van der Waals surface area contributed by atoms with E-state index in [1.807, 2.05) is 12.1 Å². The molecule has 1 unspecified atom stereocenters. The molecule has 0 fully saturated rings. The number of rotatable bonds is 3. The Morgan fingerprint density at radius 3 is 2.44 bits per heavy atom. The zero-order valence-corrected chi connectivity index (χ0v) is 13.1. The fourth-order valence-corrected chi connectivity index (χ4v) is 3.19. The molecule has 0 radical (unpaired) electrons. The van der Waals surface area contributed by atoms with Crippen LogP contribution in [0.15, 0.2) is 53.0 Å². The minimum absolute atomic E-state index is 0.280. The first-order valence-electron chi connectivity index (χ1n) is 5.32. The van der Waals surface area contributed by atoms with E-state index in [1.54, 1.807) is 36.4 Å². The number of benzene rings is 2. The lowest BCUT2D eigenvalue weighted by atomic mass is 10.0. The van der Waals surface area contributed by atoms with Gasteiger partial charge in [-0.25, -0.2) is 0 Å². The molecular formula is C14H10BrIO2. The zero-order chi connectivity index (χ0) is 13.1. The van der Waals surface area contributed by atoms with Crippen molar-refractivity contribution < 1.29 is 9.90 Å². The summed E-state index contributed by atoms with van der Waals surface area (Å²) in [6, 6.07) is 14.3. The third-order valence-electron chi connectivity index (χ3n) is 2.56. The number of Topliss-reactive ketones (excluding diaryl/α,β-unsaturated/α-hetero) is 1. The first-order valence-corrected chi connectivity index (χ1v) is 7.19. The van der Waals surface area contributed by atoms with Crippen molar-refractivity contribution in [1.29, 1.82) is 0 Å². The molecule has 1 atom stereocenters. The molecule has 0 heterocycles. The summed E-state index contributed by atoms with van der Waals surface area (Å²) in [7, 11) is 0. The van der Waals surface area contributed by atoms with Gasteiger partial charge in [0.1, 0.15) is 6.10 Å². The van der Waals surface area contributed by atoms with E-state index in [-0.39, 0.29) is 5.78 Å². The Bertz CT molecular complexity index is 569. The maximum atomic E-state index is 12.2. The maximum absolute atomic E-state index is 12.2. The predicted molar refractivity (Wildman–Crippen MR) is 82.6 cm³/mol. The van der Waals surface area contributed by atoms with Crippen molar-refractivity contribution in [2.24, 2.45) is 0 Å². The monoisotopic (exact) mass is 416 g/mol. The van der Waals surface area contributed by atoms with Crippen molar-refractivity contribution in [2.75, 3.05) is 0 Å². The summed E-state index contributed by atoms with van der Waals surface area (Å²) >= 11 is 5.44. The number of hydrogen-bond donors (Lipinski definition) is 1. The standard InChI is InChI=1S/C14H10BrIO2/c15-10-6-7-11(12(16)8-10)14(18)13(17)9-4-2-1-3-5-9/h1-8,13,17H. The van der Waals surface area contributed by atoms with E-state index in [0.717, 1.165) is 8.04 Å². The molecule has 0 bridgehead atoms. The van der Waals surface area contributed by atoms with Crippen LogP contribution >= 0.6 is 38.5 Å². The van der Waals surface area contributed by atoms with Gasteiger partial charge in [0.05, 0.1) is 0 Å². The van der Waals surface area contributed by atoms with Crippen LogP contribution < -0.4 is 0 Å². The van der Waals surface area contributed by atoms with Crippen LogP contribution in [0.5, 0.6) is 0 Å². The second kappa shape index (κ2) is 5.95. The Kier molecular flexibility index (Phi) is 4.53. The van der Waals surface area contributed by atoms with Gasteiger partial charge in [0.2, 0.25) is 0 Å². The highest BCUT2D eigenvalue weighted by atomic mass is 127. The van der Waals surface area contributed by atoms with Crippen LogP contribution in [0.4, 0.5) is 0 Å². The quantitative estimate of drug-likeness (QED) is 0.607. The Hall–Kier alpha value is -0.720. The van der Waals surface area contributed by atoms with Crippen LogP contribution in [0.25, 0.3) is 0 Å². The van der Waals surface area contributed by atoms with Crippen LogP contribution in [0.2, 0.25) is 0 Å². The van der Waals surface area contributed by atoms with Gasteiger partial charge in [0.15, 0.2) is 5.78 Å². The van der Waals surface area contributed by atoms with E-state index < -0.39 is 6.10 Å². The number of ketones is 1. The zero-order valence-electron chi connectivity index (χ0n) is 9.31. The highest BCUT2D eigenvalue weighted by Crippen LogP contribution is 2.24. The van der Waals surface area contributed by atoms with Crippen molar-refractivity contribution in [3.05, 3.63) is 67.7 Å². The topological polar surface area (TPSA) is 37.3 Å². The fraction of sp³-hybridized carbons (Fsp3) is 0.0714. The summed E-state index contributed by atoms with van der Waals surface area (Å²) in [4.78, 5) is 12.2. The minimum Gasteiger partial charge on any atom is -0.380 e. The maximum Gasteiger partial charge on any atom is 0.196 e. The number of aliphatic hydroxyl groups is 1. The van der Waals surface area contributed by atoms with Gasteiger partial charge in [0, 0.05) is 13.6 Å². The molecule has 2 rings (SSSR count). The van der Waals surface area contributed by atoms with E-state index in [2.05, 4.69) is 38.5 Å². The number of halogens is 2. The van der Waals surface area contributed by atoms with Gasteiger partial charge in [-0.1, -0.05) is 46.3 Å². The van der Waals surface area contributed by atoms with E-state index in [1.165, 1.54) is 0 Å². The normalized spacial score (nSPS) is 12.2. The molecule has 0 aliphatic carbocycles.